The molecule has 20 heavy (non-hydrogen) atoms. The van der Waals surface area contributed by atoms with Crippen LogP contribution in [0.2, 0.25) is 0 Å². The molecule has 0 radical (unpaired) electrons. The van der Waals surface area contributed by atoms with Crippen molar-refractivity contribution in [1.82, 2.24) is 0 Å². The van der Waals surface area contributed by atoms with Gasteiger partial charge in [-0.15, -0.1) is 0 Å². The molecule has 0 amide bonds. The highest BCUT2D eigenvalue weighted by Gasteiger charge is 2.59. The van der Waals surface area contributed by atoms with E-state index in [0.29, 0.717) is 13.2 Å². The van der Waals surface area contributed by atoms with Gasteiger partial charge < -0.3 is 14.2 Å². The van der Waals surface area contributed by atoms with E-state index in [4.69, 9.17) is 14.2 Å². The van der Waals surface area contributed by atoms with E-state index in [1.54, 1.807) is 14.2 Å². The van der Waals surface area contributed by atoms with Crippen molar-refractivity contribution in [1.29, 1.82) is 0 Å². The van der Waals surface area contributed by atoms with Crippen LogP contribution in [0.3, 0.4) is 0 Å². The van der Waals surface area contributed by atoms with Gasteiger partial charge in [0, 0.05) is 20.8 Å². The fraction of sp³-hybridized carbons (Fsp3) is 1.00. The fourth-order valence-corrected chi connectivity index (χ4v) is 3.94. The summed E-state index contributed by atoms with van der Waals surface area (Å²) in [6.45, 7) is 11.4. The number of ether oxygens (including phenoxy) is 3. The molecule has 0 spiro atoms. The van der Waals surface area contributed by atoms with E-state index in [0.717, 1.165) is 19.4 Å². The minimum atomic E-state index is -0.171. The standard InChI is InChI=1S/C17H34O3/c1-7-8-12-20-16(4)11-9-10-15(2,3)17(16,13-18-5)14-19-6/h7-14H2,1-6H3. The van der Waals surface area contributed by atoms with Crippen LogP contribution in [-0.4, -0.2) is 39.6 Å². The molecule has 1 rings (SSSR count). The number of unbranched alkanes of at least 4 members (excludes halogenated alkanes) is 1. The van der Waals surface area contributed by atoms with Crippen LogP contribution in [0.15, 0.2) is 0 Å². The van der Waals surface area contributed by atoms with Gasteiger partial charge in [-0.3, -0.25) is 0 Å². The molecule has 0 bridgehead atoms. The van der Waals surface area contributed by atoms with E-state index in [2.05, 4.69) is 27.7 Å². The van der Waals surface area contributed by atoms with Crippen LogP contribution in [0.4, 0.5) is 0 Å². The van der Waals surface area contributed by atoms with Crippen molar-refractivity contribution in [2.75, 3.05) is 34.0 Å². The molecule has 0 saturated heterocycles. The van der Waals surface area contributed by atoms with Gasteiger partial charge in [-0.2, -0.15) is 0 Å². The zero-order valence-corrected chi connectivity index (χ0v) is 14.4. The molecule has 1 aliphatic rings. The minimum Gasteiger partial charge on any atom is -0.384 e. The summed E-state index contributed by atoms with van der Waals surface area (Å²) in [6.07, 6.45) is 5.79. The van der Waals surface area contributed by atoms with E-state index in [1.165, 1.54) is 19.3 Å². The van der Waals surface area contributed by atoms with E-state index in [1.807, 2.05) is 0 Å². The van der Waals surface area contributed by atoms with Crippen LogP contribution in [0.25, 0.3) is 0 Å². The van der Waals surface area contributed by atoms with E-state index < -0.39 is 0 Å². The number of hydrogen-bond acceptors (Lipinski definition) is 3. The Balaban J connectivity index is 3.07. The van der Waals surface area contributed by atoms with Crippen molar-refractivity contribution in [2.45, 2.75) is 65.4 Å². The van der Waals surface area contributed by atoms with Gasteiger partial charge in [0.15, 0.2) is 0 Å². The zero-order valence-electron chi connectivity index (χ0n) is 14.4. The van der Waals surface area contributed by atoms with Crippen molar-refractivity contribution < 1.29 is 14.2 Å². The SMILES string of the molecule is CCCCOC1(C)CCCC(C)(C)C1(COC)COC. The quantitative estimate of drug-likeness (QED) is 0.630. The Morgan fingerprint density at radius 2 is 1.55 bits per heavy atom. The summed E-state index contributed by atoms with van der Waals surface area (Å²) in [7, 11) is 3.57. The Morgan fingerprint density at radius 3 is 2.05 bits per heavy atom. The molecular weight excluding hydrogens is 252 g/mol. The van der Waals surface area contributed by atoms with Gasteiger partial charge in [0.2, 0.25) is 0 Å². The highest BCUT2D eigenvalue weighted by atomic mass is 16.5. The Kier molecular flexibility index (Phi) is 6.49. The molecule has 120 valence electrons. The molecule has 0 N–H and O–H groups in total. The third-order valence-electron chi connectivity index (χ3n) is 5.46. The monoisotopic (exact) mass is 286 g/mol. The molecule has 0 aromatic rings. The summed E-state index contributed by atoms with van der Waals surface area (Å²) in [6, 6.07) is 0. The molecule has 1 aliphatic carbocycles. The summed E-state index contributed by atoms with van der Waals surface area (Å²) in [5.41, 5.74) is -0.107. The molecule has 3 nitrogen and oxygen atoms in total. The maximum Gasteiger partial charge on any atom is 0.0759 e. The second-order valence-corrected chi connectivity index (χ2v) is 7.12. The summed E-state index contributed by atoms with van der Waals surface area (Å²) in [4.78, 5) is 0. The van der Waals surface area contributed by atoms with E-state index in [-0.39, 0.29) is 16.4 Å². The number of methoxy groups -OCH3 is 2. The first-order valence-electron chi connectivity index (χ1n) is 8.01. The first kappa shape index (κ1) is 17.9. The van der Waals surface area contributed by atoms with Crippen molar-refractivity contribution >= 4 is 0 Å². The van der Waals surface area contributed by atoms with Gasteiger partial charge in [-0.1, -0.05) is 33.6 Å². The number of rotatable bonds is 8. The zero-order chi connectivity index (χ0) is 15.3. The van der Waals surface area contributed by atoms with Crippen LogP contribution in [0.1, 0.15) is 59.8 Å². The van der Waals surface area contributed by atoms with Crippen LogP contribution in [0.5, 0.6) is 0 Å². The summed E-state index contributed by atoms with van der Waals surface area (Å²) >= 11 is 0. The molecule has 1 unspecified atom stereocenters. The lowest BCUT2D eigenvalue weighted by Gasteiger charge is -2.59. The second kappa shape index (κ2) is 7.24. The van der Waals surface area contributed by atoms with Crippen LogP contribution < -0.4 is 0 Å². The lowest BCUT2D eigenvalue weighted by atomic mass is 9.51. The molecule has 0 heterocycles. The van der Waals surface area contributed by atoms with Crippen molar-refractivity contribution in [3.05, 3.63) is 0 Å². The van der Waals surface area contributed by atoms with Crippen LogP contribution in [0, 0.1) is 10.8 Å². The summed E-state index contributed by atoms with van der Waals surface area (Å²) in [5.74, 6) is 0. The lowest BCUT2D eigenvalue weighted by Crippen LogP contribution is -2.63. The minimum absolute atomic E-state index is 0.0878. The average Bonchev–Trinajstić information content (AvgIpc) is 2.36. The second-order valence-electron chi connectivity index (χ2n) is 7.12. The van der Waals surface area contributed by atoms with Gasteiger partial charge in [0.1, 0.15) is 0 Å². The van der Waals surface area contributed by atoms with Gasteiger partial charge in [-0.25, -0.2) is 0 Å². The van der Waals surface area contributed by atoms with Crippen molar-refractivity contribution in [2.24, 2.45) is 10.8 Å². The summed E-state index contributed by atoms with van der Waals surface area (Å²) < 4.78 is 17.6. The Labute approximate surface area is 125 Å². The predicted molar refractivity (Wildman–Crippen MR) is 83.1 cm³/mol. The fourth-order valence-electron chi connectivity index (χ4n) is 3.94. The molecular formula is C17H34O3. The van der Waals surface area contributed by atoms with E-state index in [9.17, 15) is 0 Å². The maximum absolute atomic E-state index is 6.41. The molecule has 1 saturated carbocycles. The highest BCUT2D eigenvalue weighted by Crippen LogP contribution is 2.57. The third kappa shape index (κ3) is 3.20. The maximum atomic E-state index is 6.41. The van der Waals surface area contributed by atoms with Crippen LogP contribution >= 0.6 is 0 Å². The van der Waals surface area contributed by atoms with Gasteiger partial charge in [0.05, 0.1) is 24.2 Å². The van der Waals surface area contributed by atoms with Crippen molar-refractivity contribution in [3.63, 3.8) is 0 Å². The van der Waals surface area contributed by atoms with Gasteiger partial charge in [0.25, 0.3) is 0 Å². The topological polar surface area (TPSA) is 27.7 Å². The van der Waals surface area contributed by atoms with Gasteiger partial charge in [-0.05, 0) is 31.6 Å². The lowest BCUT2D eigenvalue weighted by molar-refractivity contribution is -0.235. The molecule has 1 atom stereocenters. The van der Waals surface area contributed by atoms with Crippen molar-refractivity contribution in [3.8, 4) is 0 Å². The molecule has 0 aromatic carbocycles. The smallest absolute Gasteiger partial charge is 0.0759 e. The van der Waals surface area contributed by atoms with E-state index >= 15 is 0 Å². The average molecular weight is 286 g/mol. The Morgan fingerprint density at radius 1 is 0.950 bits per heavy atom. The largest absolute Gasteiger partial charge is 0.384 e. The molecule has 0 aromatic heterocycles. The highest BCUT2D eigenvalue weighted by molar-refractivity contribution is 5.08. The molecule has 1 fully saturated rings. The Hall–Kier alpha value is -0.120. The molecule has 0 aliphatic heterocycles. The first-order valence-corrected chi connectivity index (χ1v) is 8.01. The first-order chi connectivity index (χ1) is 9.39. The normalized spacial score (nSPS) is 28.5. The molecule has 3 heteroatoms. The Bertz CT molecular complexity index is 282. The van der Waals surface area contributed by atoms with Gasteiger partial charge >= 0.3 is 0 Å². The summed E-state index contributed by atoms with van der Waals surface area (Å²) in [5, 5.41) is 0. The van der Waals surface area contributed by atoms with Crippen LogP contribution in [-0.2, 0) is 14.2 Å². The number of hydrogen-bond donors (Lipinski definition) is 0. The third-order valence-corrected chi connectivity index (χ3v) is 5.46. The predicted octanol–water partition coefficient (Wildman–Crippen LogP) is 4.05.